The Labute approximate surface area is 114 Å². The van der Waals surface area contributed by atoms with Crippen LogP contribution in [-0.2, 0) is 9.59 Å². The summed E-state index contributed by atoms with van der Waals surface area (Å²) in [7, 11) is 0. The summed E-state index contributed by atoms with van der Waals surface area (Å²) in [4.78, 5) is 27.8. The van der Waals surface area contributed by atoms with Gasteiger partial charge in [0.05, 0.1) is 6.04 Å². The van der Waals surface area contributed by atoms with Crippen LogP contribution in [0.2, 0.25) is 0 Å². The number of likely N-dealkylation sites (tertiary alicyclic amines) is 2. The zero-order valence-electron chi connectivity index (χ0n) is 11.9. The molecule has 19 heavy (non-hydrogen) atoms. The first-order valence-electron chi connectivity index (χ1n) is 7.26. The summed E-state index contributed by atoms with van der Waals surface area (Å²) in [5, 5.41) is 9.50. The highest BCUT2D eigenvalue weighted by Crippen LogP contribution is 2.31. The molecular formula is C14H24N2O3. The van der Waals surface area contributed by atoms with Crippen molar-refractivity contribution in [2.75, 3.05) is 19.6 Å². The molecule has 0 aromatic carbocycles. The number of hydrogen-bond acceptors (Lipinski definition) is 3. The normalized spacial score (nSPS) is 30.3. The molecule has 108 valence electrons. The maximum Gasteiger partial charge on any atom is 0.323 e. The van der Waals surface area contributed by atoms with E-state index in [9.17, 15) is 14.7 Å². The van der Waals surface area contributed by atoms with Crippen molar-refractivity contribution in [3.8, 4) is 0 Å². The Hall–Kier alpha value is -1.10. The summed E-state index contributed by atoms with van der Waals surface area (Å²) in [5.74, 6) is -0.722. The quantitative estimate of drug-likeness (QED) is 0.839. The summed E-state index contributed by atoms with van der Waals surface area (Å²) < 4.78 is 0. The molecule has 5 heteroatoms. The second-order valence-corrected chi connectivity index (χ2v) is 5.94. The van der Waals surface area contributed by atoms with E-state index in [1.165, 1.54) is 0 Å². The summed E-state index contributed by atoms with van der Waals surface area (Å²) >= 11 is 0. The monoisotopic (exact) mass is 268 g/mol. The third kappa shape index (κ3) is 2.61. The highest BCUT2D eigenvalue weighted by molar-refractivity contribution is 5.84. The second kappa shape index (κ2) is 5.49. The SMILES string of the molecule is CC(C(=O)N1CCCC1)N1CCCCC1(C)C(=O)O. The molecule has 0 aromatic heterocycles. The molecule has 2 rings (SSSR count). The highest BCUT2D eigenvalue weighted by Gasteiger charge is 2.45. The third-order valence-corrected chi connectivity index (χ3v) is 4.65. The van der Waals surface area contributed by atoms with Crippen LogP contribution in [0.1, 0.15) is 46.0 Å². The van der Waals surface area contributed by atoms with Crippen molar-refractivity contribution < 1.29 is 14.7 Å². The number of rotatable bonds is 3. The van der Waals surface area contributed by atoms with Gasteiger partial charge < -0.3 is 10.0 Å². The molecule has 2 saturated heterocycles. The first-order valence-corrected chi connectivity index (χ1v) is 7.26. The van der Waals surface area contributed by atoms with Crippen molar-refractivity contribution >= 4 is 11.9 Å². The third-order valence-electron chi connectivity index (χ3n) is 4.65. The molecular weight excluding hydrogens is 244 g/mol. The van der Waals surface area contributed by atoms with E-state index in [2.05, 4.69) is 0 Å². The Morgan fingerprint density at radius 3 is 2.26 bits per heavy atom. The molecule has 2 aliphatic heterocycles. The minimum absolute atomic E-state index is 0.0897. The minimum Gasteiger partial charge on any atom is -0.480 e. The van der Waals surface area contributed by atoms with Gasteiger partial charge in [-0.05, 0) is 46.0 Å². The Bertz CT molecular complexity index is 366. The number of aliphatic carboxylic acids is 1. The Kier molecular flexibility index (Phi) is 4.13. The van der Waals surface area contributed by atoms with Crippen LogP contribution in [0.25, 0.3) is 0 Å². The predicted octanol–water partition coefficient (Wildman–Crippen LogP) is 1.33. The topological polar surface area (TPSA) is 60.9 Å². The number of nitrogens with zero attached hydrogens (tertiary/aromatic N) is 2. The van der Waals surface area contributed by atoms with Gasteiger partial charge in [0.25, 0.3) is 0 Å². The van der Waals surface area contributed by atoms with Crippen LogP contribution in [0.4, 0.5) is 0 Å². The van der Waals surface area contributed by atoms with E-state index in [4.69, 9.17) is 0 Å². The number of hydrogen-bond donors (Lipinski definition) is 1. The Morgan fingerprint density at radius 1 is 1.11 bits per heavy atom. The van der Waals surface area contributed by atoms with Crippen LogP contribution in [-0.4, -0.2) is 58.0 Å². The molecule has 2 aliphatic rings. The van der Waals surface area contributed by atoms with Gasteiger partial charge in [0.15, 0.2) is 0 Å². The molecule has 2 atom stereocenters. The van der Waals surface area contributed by atoms with Gasteiger partial charge in [-0.3, -0.25) is 14.5 Å². The fourth-order valence-corrected chi connectivity index (χ4v) is 3.33. The molecule has 0 aromatic rings. The van der Waals surface area contributed by atoms with Crippen molar-refractivity contribution in [3.63, 3.8) is 0 Å². The number of carboxylic acid groups (broad SMARTS) is 1. The Morgan fingerprint density at radius 2 is 1.68 bits per heavy atom. The highest BCUT2D eigenvalue weighted by atomic mass is 16.4. The average molecular weight is 268 g/mol. The Balaban J connectivity index is 2.13. The average Bonchev–Trinajstić information content (AvgIpc) is 2.91. The van der Waals surface area contributed by atoms with Gasteiger partial charge >= 0.3 is 5.97 Å². The molecule has 0 radical (unpaired) electrons. The lowest BCUT2D eigenvalue weighted by Crippen LogP contribution is -2.61. The van der Waals surface area contributed by atoms with Crippen LogP contribution in [0.15, 0.2) is 0 Å². The fourth-order valence-electron chi connectivity index (χ4n) is 3.33. The maximum absolute atomic E-state index is 12.4. The van der Waals surface area contributed by atoms with Gasteiger partial charge in [0.1, 0.15) is 5.54 Å². The molecule has 2 heterocycles. The first-order chi connectivity index (χ1) is 8.97. The standard InChI is InChI=1S/C14H24N2O3/c1-11(12(17)15-8-5-6-9-15)16-10-4-3-7-14(16,2)13(18)19/h11H,3-10H2,1-2H3,(H,18,19). The van der Waals surface area contributed by atoms with Crippen LogP contribution in [0, 0.1) is 0 Å². The first kappa shape index (κ1) is 14.3. The van der Waals surface area contributed by atoms with Crippen LogP contribution in [0.5, 0.6) is 0 Å². The number of carbonyl (C=O) groups excluding carboxylic acids is 1. The largest absolute Gasteiger partial charge is 0.480 e. The zero-order chi connectivity index (χ0) is 14.0. The van der Waals surface area contributed by atoms with Crippen molar-refractivity contribution in [2.24, 2.45) is 0 Å². The summed E-state index contributed by atoms with van der Waals surface area (Å²) in [5.41, 5.74) is -0.896. The van der Waals surface area contributed by atoms with E-state index >= 15 is 0 Å². The number of carboxylic acids is 1. The lowest BCUT2D eigenvalue weighted by atomic mass is 9.87. The van der Waals surface area contributed by atoms with E-state index < -0.39 is 11.5 Å². The molecule has 2 fully saturated rings. The summed E-state index contributed by atoms with van der Waals surface area (Å²) in [6, 6.07) is -0.334. The molecule has 0 bridgehead atoms. The van der Waals surface area contributed by atoms with E-state index in [0.717, 1.165) is 38.8 Å². The molecule has 0 spiro atoms. The number of carbonyl (C=O) groups is 2. The van der Waals surface area contributed by atoms with Crippen molar-refractivity contribution in [1.29, 1.82) is 0 Å². The van der Waals surface area contributed by atoms with Crippen LogP contribution < -0.4 is 0 Å². The van der Waals surface area contributed by atoms with Crippen molar-refractivity contribution in [2.45, 2.75) is 57.5 Å². The summed E-state index contributed by atoms with van der Waals surface area (Å²) in [6.07, 6.45) is 4.65. The smallest absolute Gasteiger partial charge is 0.323 e. The van der Waals surface area contributed by atoms with Crippen LogP contribution >= 0.6 is 0 Å². The zero-order valence-corrected chi connectivity index (χ0v) is 11.9. The van der Waals surface area contributed by atoms with E-state index in [-0.39, 0.29) is 11.9 Å². The van der Waals surface area contributed by atoms with E-state index in [1.54, 1.807) is 6.92 Å². The van der Waals surface area contributed by atoms with Gasteiger partial charge in [-0.15, -0.1) is 0 Å². The van der Waals surface area contributed by atoms with Gasteiger partial charge in [0.2, 0.25) is 5.91 Å². The van der Waals surface area contributed by atoms with Crippen LogP contribution in [0.3, 0.4) is 0 Å². The van der Waals surface area contributed by atoms with E-state index in [0.29, 0.717) is 13.0 Å². The van der Waals surface area contributed by atoms with E-state index in [1.807, 2.05) is 16.7 Å². The molecule has 5 nitrogen and oxygen atoms in total. The molecule has 1 amide bonds. The van der Waals surface area contributed by atoms with Crippen molar-refractivity contribution in [1.82, 2.24) is 9.80 Å². The van der Waals surface area contributed by atoms with Gasteiger partial charge in [-0.1, -0.05) is 0 Å². The van der Waals surface area contributed by atoms with Gasteiger partial charge in [-0.2, -0.15) is 0 Å². The molecule has 0 saturated carbocycles. The fraction of sp³-hybridized carbons (Fsp3) is 0.857. The molecule has 0 aliphatic carbocycles. The second-order valence-electron chi connectivity index (χ2n) is 5.94. The molecule has 1 N–H and O–H groups in total. The number of piperidine rings is 1. The minimum atomic E-state index is -0.896. The maximum atomic E-state index is 12.4. The number of amides is 1. The van der Waals surface area contributed by atoms with Gasteiger partial charge in [0, 0.05) is 19.6 Å². The lowest BCUT2D eigenvalue weighted by molar-refractivity contribution is -0.158. The molecule has 2 unspecified atom stereocenters. The predicted molar refractivity (Wildman–Crippen MR) is 71.9 cm³/mol. The summed E-state index contributed by atoms with van der Waals surface area (Å²) in [6.45, 7) is 5.95. The lowest BCUT2D eigenvalue weighted by Gasteiger charge is -2.45. The van der Waals surface area contributed by atoms with Gasteiger partial charge in [-0.25, -0.2) is 0 Å². The van der Waals surface area contributed by atoms with Crippen molar-refractivity contribution in [3.05, 3.63) is 0 Å².